The van der Waals surface area contributed by atoms with E-state index in [9.17, 15) is 13.5 Å². The van der Waals surface area contributed by atoms with Crippen LogP contribution in [0.3, 0.4) is 0 Å². The molecule has 0 aromatic heterocycles. The van der Waals surface area contributed by atoms with E-state index in [2.05, 4.69) is 0 Å². The van der Waals surface area contributed by atoms with Crippen molar-refractivity contribution in [1.82, 2.24) is 0 Å². The minimum Gasteiger partial charge on any atom is -0.497 e. The van der Waals surface area contributed by atoms with E-state index in [1.165, 1.54) is 0 Å². The summed E-state index contributed by atoms with van der Waals surface area (Å²) >= 11 is 0. The zero-order valence-electron chi connectivity index (χ0n) is 10.5. The zero-order valence-corrected chi connectivity index (χ0v) is 11.4. The standard InChI is InChI=1S/C13H18O4S/c1-3-18(15,16)13-11(8-14)12(13)9-4-6-10(17-2)7-5-9/h4-7,11-14H,3,8H2,1-2H3. The summed E-state index contributed by atoms with van der Waals surface area (Å²) in [7, 11) is -1.50. The van der Waals surface area contributed by atoms with Crippen LogP contribution in [0.25, 0.3) is 0 Å². The van der Waals surface area contributed by atoms with Crippen molar-refractivity contribution in [2.45, 2.75) is 18.1 Å². The van der Waals surface area contributed by atoms with Crippen molar-refractivity contribution in [1.29, 1.82) is 0 Å². The summed E-state index contributed by atoms with van der Waals surface area (Å²) in [6, 6.07) is 7.38. The average molecular weight is 270 g/mol. The van der Waals surface area contributed by atoms with Crippen molar-refractivity contribution < 1.29 is 18.3 Å². The molecular formula is C13H18O4S. The lowest BCUT2D eigenvalue weighted by Crippen LogP contribution is -2.13. The molecule has 0 aliphatic heterocycles. The predicted molar refractivity (Wildman–Crippen MR) is 69.6 cm³/mol. The molecule has 3 atom stereocenters. The molecule has 0 heterocycles. The van der Waals surface area contributed by atoms with Gasteiger partial charge in [-0.1, -0.05) is 19.1 Å². The van der Waals surface area contributed by atoms with Crippen molar-refractivity contribution >= 4 is 9.84 Å². The topological polar surface area (TPSA) is 63.6 Å². The summed E-state index contributed by atoms with van der Waals surface area (Å²) in [5.41, 5.74) is 0.955. The Kier molecular flexibility index (Phi) is 3.64. The van der Waals surface area contributed by atoms with Gasteiger partial charge in [-0.3, -0.25) is 0 Å². The van der Waals surface area contributed by atoms with Crippen LogP contribution in [0.5, 0.6) is 5.75 Å². The lowest BCUT2D eigenvalue weighted by Gasteiger charge is -2.03. The number of aliphatic hydroxyl groups excluding tert-OH is 1. The fourth-order valence-corrected chi connectivity index (χ4v) is 4.39. The molecular weight excluding hydrogens is 252 g/mol. The van der Waals surface area contributed by atoms with Crippen LogP contribution in [0, 0.1) is 5.92 Å². The van der Waals surface area contributed by atoms with Crippen molar-refractivity contribution in [3.05, 3.63) is 29.8 Å². The molecule has 0 saturated heterocycles. The van der Waals surface area contributed by atoms with E-state index < -0.39 is 15.1 Å². The average Bonchev–Trinajstić information content (AvgIpc) is 3.14. The number of methoxy groups -OCH3 is 1. The van der Waals surface area contributed by atoms with Gasteiger partial charge in [0.2, 0.25) is 0 Å². The number of sulfone groups is 1. The molecule has 1 aromatic carbocycles. The zero-order chi connectivity index (χ0) is 13.3. The molecule has 1 aliphatic rings. The smallest absolute Gasteiger partial charge is 0.153 e. The molecule has 0 spiro atoms. The van der Waals surface area contributed by atoms with E-state index in [0.717, 1.165) is 11.3 Å². The molecule has 5 heteroatoms. The van der Waals surface area contributed by atoms with Crippen LogP contribution in [0.4, 0.5) is 0 Å². The highest BCUT2D eigenvalue weighted by atomic mass is 32.2. The molecule has 1 fully saturated rings. The minimum atomic E-state index is -3.09. The molecule has 1 N–H and O–H groups in total. The van der Waals surface area contributed by atoms with E-state index >= 15 is 0 Å². The molecule has 2 rings (SSSR count). The molecule has 1 aliphatic carbocycles. The molecule has 1 aromatic rings. The minimum absolute atomic E-state index is 0.0779. The molecule has 0 amide bonds. The summed E-state index contributed by atoms with van der Waals surface area (Å²) < 4.78 is 28.9. The van der Waals surface area contributed by atoms with Gasteiger partial charge in [0.05, 0.1) is 12.4 Å². The second kappa shape index (κ2) is 4.90. The SMILES string of the molecule is CCS(=O)(=O)C1C(CO)C1c1ccc(OC)cc1. The summed E-state index contributed by atoms with van der Waals surface area (Å²) in [5.74, 6) is 0.630. The Morgan fingerprint density at radius 2 is 1.89 bits per heavy atom. The molecule has 1 saturated carbocycles. The van der Waals surface area contributed by atoms with Gasteiger partial charge in [0.15, 0.2) is 9.84 Å². The van der Waals surface area contributed by atoms with Crippen LogP contribution >= 0.6 is 0 Å². The van der Waals surface area contributed by atoms with Gasteiger partial charge in [0.1, 0.15) is 5.75 Å². The number of hydrogen-bond donors (Lipinski definition) is 1. The largest absolute Gasteiger partial charge is 0.497 e. The molecule has 100 valence electrons. The number of benzene rings is 1. The van der Waals surface area contributed by atoms with Crippen LogP contribution in [0.2, 0.25) is 0 Å². The van der Waals surface area contributed by atoms with Gasteiger partial charge in [-0.2, -0.15) is 0 Å². The van der Waals surface area contributed by atoms with E-state index in [4.69, 9.17) is 4.74 Å². The first-order valence-corrected chi connectivity index (χ1v) is 7.73. The summed E-state index contributed by atoms with van der Waals surface area (Å²) in [6.07, 6.45) is 0. The first-order chi connectivity index (χ1) is 8.55. The van der Waals surface area contributed by atoms with Gasteiger partial charge >= 0.3 is 0 Å². The van der Waals surface area contributed by atoms with E-state index in [0.29, 0.717) is 0 Å². The maximum absolute atomic E-state index is 11.9. The number of aliphatic hydroxyl groups is 1. The van der Waals surface area contributed by atoms with Gasteiger partial charge in [0, 0.05) is 24.2 Å². The van der Waals surface area contributed by atoms with Gasteiger partial charge < -0.3 is 9.84 Å². The fraction of sp³-hybridized carbons (Fsp3) is 0.538. The maximum atomic E-state index is 11.9. The Bertz CT molecular complexity index is 506. The summed E-state index contributed by atoms with van der Waals surface area (Å²) in [5, 5.41) is 8.85. The summed E-state index contributed by atoms with van der Waals surface area (Å²) in [6.45, 7) is 1.56. The number of rotatable bonds is 5. The van der Waals surface area contributed by atoms with E-state index in [-0.39, 0.29) is 24.2 Å². The van der Waals surface area contributed by atoms with Crippen LogP contribution in [0.1, 0.15) is 18.4 Å². The summed E-state index contributed by atoms with van der Waals surface area (Å²) in [4.78, 5) is 0. The first-order valence-electron chi connectivity index (χ1n) is 6.01. The third-order valence-corrected chi connectivity index (χ3v) is 5.90. The Hall–Kier alpha value is -1.07. The third kappa shape index (κ3) is 2.24. The molecule has 3 unspecified atom stereocenters. The van der Waals surface area contributed by atoms with Crippen LogP contribution in [-0.4, -0.2) is 38.2 Å². The molecule has 0 radical (unpaired) electrons. The number of ether oxygens (including phenoxy) is 1. The van der Waals surface area contributed by atoms with Crippen molar-refractivity contribution in [2.75, 3.05) is 19.5 Å². The Balaban J connectivity index is 2.23. The highest BCUT2D eigenvalue weighted by molar-refractivity contribution is 7.92. The Labute approximate surface area is 108 Å². The predicted octanol–water partition coefficient (Wildman–Crippen LogP) is 1.20. The highest BCUT2D eigenvalue weighted by Gasteiger charge is 2.57. The Morgan fingerprint density at radius 3 is 2.33 bits per heavy atom. The van der Waals surface area contributed by atoms with Crippen molar-refractivity contribution in [3.8, 4) is 5.75 Å². The van der Waals surface area contributed by atoms with Crippen molar-refractivity contribution in [3.63, 3.8) is 0 Å². The second-order valence-electron chi connectivity index (χ2n) is 4.56. The molecule has 18 heavy (non-hydrogen) atoms. The van der Waals surface area contributed by atoms with E-state index in [1.807, 2.05) is 24.3 Å². The third-order valence-electron chi connectivity index (χ3n) is 3.62. The lowest BCUT2D eigenvalue weighted by molar-refractivity contribution is 0.274. The highest BCUT2D eigenvalue weighted by Crippen LogP contribution is 2.52. The molecule has 0 bridgehead atoms. The Morgan fingerprint density at radius 1 is 1.28 bits per heavy atom. The quantitative estimate of drug-likeness (QED) is 0.873. The fourth-order valence-electron chi connectivity index (χ4n) is 2.50. The monoisotopic (exact) mass is 270 g/mol. The second-order valence-corrected chi connectivity index (χ2v) is 7.01. The van der Waals surface area contributed by atoms with Crippen LogP contribution in [0.15, 0.2) is 24.3 Å². The lowest BCUT2D eigenvalue weighted by atomic mass is 10.1. The number of hydrogen-bond acceptors (Lipinski definition) is 4. The van der Waals surface area contributed by atoms with Gasteiger partial charge in [0.25, 0.3) is 0 Å². The van der Waals surface area contributed by atoms with Gasteiger partial charge in [-0.15, -0.1) is 0 Å². The normalized spacial score (nSPS) is 26.9. The van der Waals surface area contributed by atoms with Crippen molar-refractivity contribution in [2.24, 2.45) is 5.92 Å². The first kappa shape index (κ1) is 13.4. The maximum Gasteiger partial charge on any atom is 0.153 e. The van der Waals surface area contributed by atoms with Crippen LogP contribution in [-0.2, 0) is 9.84 Å². The molecule has 4 nitrogen and oxygen atoms in total. The van der Waals surface area contributed by atoms with E-state index in [1.54, 1.807) is 14.0 Å². The van der Waals surface area contributed by atoms with Gasteiger partial charge in [-0.25, -0.2) is 8.42 Å². The van der Waals surface area contributed by atoms with Gasteiger partial charge in [-0.05, 0) is 17.7 Å². The van der Waals surface area contributed by atoms with Crippen LogP contribution < -0.4 is 4.74 Å².